The summed E-state index contributed by atoms with van der Waals surface area (Å²) in [5.74, 6) is -1.30. The first-order valence-electron chi connectivity index (χ1n) is 6.64. The molecule has 0 spiro atoms. The topological polar surface area (TPSA) is 119 Å². The summed E-state index contributed by atoms with van der Waals surface area (Å²) in [7, 11) is 0. The minimum atomic E-state index is -1.47. The first-order chi connectivity index (χ1) is 9.00. The number of carboxylic acid groups (broad SMARTS) is 1. The Balaban J connectivity index is 2.24. The van der Waals surface area contributed by atoms with Gasteiger partial charge in [-0.1, -0.05) is 19.3 Å². The number of hydrogen-bond acceptors (Lipinski definition) is 4. The summed E-state index contributed by atoms with van der Waals surface area (Å²) in [6.45, 7) is 0.0715. The first kappa shape index (κ1) is 15.7. The fraction of sp³-hybridized carbons (Fsp3) is 0.833. The van der Waals surface area contributed by atoms with Crippen LogP contribution in [0.25, 0.3) is 0 Å². The molecule has 3 atom stereocenters. The van der Waals surface area contributed by atoms with Crippen molar-refractivity contribution in [3.8, 4) is 0 Å². The SMILES string of the molecule is O=C(NCC[C@H](O)C(=O)O)NC1CCCCCC1O. The summed E-state index contributed by atoms with van der Waals surface area (Å²) in [6.07, 6.45) is 2.37. The maximum absolute atomic E-state index is 11.6. The normalized spacial score (nSPS) is 25.2. The van der Waals surface area contributed by atoms with E-state index in [1.165, 1.54) is 0 Å². The zero-order chi connectivity index (χ0) is 14.3. The number of carbonyl (C=O) groups is 2. The number of rotatable bonds is 5. The lowest BCUT2D eigenvalue weighted by molar-refractivity contribution is -0.146. The molecule has 0 aromatic carbocycles. The Kier molecular flexibility index (Phi) is 6.58. The van der Waals surface area contributed by atoms with Crippen LogP contribution in [0.1, 0.15) is 38.5 Å². The second kappa shape index (κ2) is 7.96. The van der Waals surface area contributed by atoms with Crippen molar-refractivity contribution < 1.29 is 24.9 Å². The Labute approximate surface area is 112 Å². The van der Waals surface area contributed by atoms with Gasteiger partial charge in [-0.15, -0.1) is 0 Å². The molecule has 0 radical (unpaired) electrons. The Morgan fingerprint density at radius 1 is 1.21 bits per heavy atom. The lowest BCUT2D eigenvalue weighted by atomic mass is 10.1. The van der Waals surface area contributed by atoms with E-state index in [2.05, 4.69) is 10.6 Å². The fourth-order valence-corrected chi connectivity index (χ4v) is 2.12. The molecule has 1 rings (SSSR count). The van der Waals surface area contributed by atoms with Crippen LogP contribution in [0.2, 0.25) is 0 Å². The van der Waals surface area contributed by atoms with E-state index >= 15 is 0 Å². The van der Waals surface area contributed by atoms with E-state index in [1.807, 2.05) is 0 Å². The van der Waals surface area contributed by atoms with E-state index in [0.717, 1.165) is 25.7 Å². The van der Waals surface area contributed by atoms with Crippen molar-refractivity contribution in [1.29, 1.82) is 0 Å². The third kappa shape index (κ3) is 5.89. The molecule has 7 heteroatoms. The van der Waals surface area contributed by atoms with Gasteiger partial charge < -0.3 is 26.0 Å². The Morgan fingerprint density at radius 2 is 1.89 bits per heavy atom. The number of aliphatic hydroxyl groups is 2. The quantitative estimate of drug-likeness (QED) is 0.445. The smallest absolute Gasteiger partial charge is 0.332 e. The highest BCUT2D eigenvalue weighted by Crippen LogP contribution is 2.17. The molecular weight excluding hydrogens is 252 g/mol. The predicted octanol–water partition coefficient (Wildman–Crippen LogP) is -0.185. The highest BCUT2D eigenvalue weighted by atomic mass is 16.4. The van der Waals surface area contributed by atoms with E-state index in [-0.39, 0.29) is 19.0 Å². The van der Waals surface area contributed by atoms with Gasteiger partial charge in [-0.25, -0.2) is 9.59 Å². The van der Waals surface area contributed by atoms with Crippen LogP contribution in [0.4, 0.5) is 4.79 Å². The van der Waals surface area contributed by atoms with Crippen molar-refractivity contribution >= 4 is 12.0 Å². The largest absolute Gasteiger partial charge is 0.479 e. The summed E-state index contributed by atoms with van der Waals surface area (Å²) in [4.78, 5) is 21.9. The van der Waals surface area contributed by atoms with Crippen LogP contribution in [0, 0.1) is 0 Å². The van der Waals surface area contributed by atoms with Crippen LogP contribution in [0.15, 0.2) is 0 Å². The maximum atomic E-state index is 11.6. The number of carboxylic acids is 1. The average molecular weight is 274 g/mol. The monoisotopic (exact) mass is 274 g/mol. The number of urea groups is 1. The van der Waals surface area contributed by atoms with E-state index in [9.17, 15) is 14.7 Å². The van der Waals surface area contributed by atoms with Gasteiger partial charge in [-0.2, -0.15) is 0 Å². The standard InChI is InChI=1S/C12H22N2O5/c15-9-5-3-1-2-4-8(9)14-12(19)13-7-6-10(16)11(17)18/h8-10,15-16H,1-7H2,(H,17,18)(H2,13,14,19)/t8?,9?,10-/m0/s1. The van der Waals surface area contributed by atoms with Gasteiger partial charge in [-0.3, -0.25) is 0 Å². The maximum Gasteiger partial charge on any atom is 0.332 e. The van der Waals surface area contributed by atoms with Gasteiger partial charge in [0.25, 0.3) is 0 Å². The van der Waals surface area contributed by atoms with Crippen molar-refractivity contribution in [2.24, 2.45) is 0 Å². The van der Waals surface area contributed by atoms with E-state index < -0.39 is 24.2 Å². The number of aliphatic hydroxyl groups excluding tert-OH is 2. The third-order valence-electron chi connectivity index (χ3n) is 3.28. The second-order valence-electron chi connectivity index (χ2n) is 4.85. The van der Waals surface area contributed by atoms with Gasteiger partial charge in [0.2, 0.25) is 0 Å². The van der Waals surface area contributed by atoms with Crippen LogP contribution in [0.5, 0.6) is 0 Å². The van der Waals surface area contributed by atoms with Gasteiger partial charge in [0.05, 0.1) is 12.1 Å². The second-order valence-corrected chi connectivity index (χ2v) is 4.85. The zero-order valence-electron chi connectivity index (χ0n) is 10.8. The van der Waals surface area contributed by atoms with Crippen LogP contribution in [-0.2, 0) is 4.79 Å². The molecule has 0 aromatic rings. The van der Waals surface area contributed by atoms with Crippen LogP contribution in [0.3, 0.4) is 0 Å². The van der Waals surface area contributed by atoms with E-state index in [0.29, 0.717) is 6.42 Å². The number of aliphatic carboxylic acids is 1. The molecule has 1 saturated carbocycles. The van der Waals surface area contributed by atoms with Gasteiger partial charge in [0.1, 0.15) is 0 Å². The van der Waals surface area contributed by atoms with E-state index in [4.69, 9.17) is 10.2 Å². The molecule has 0 bridgehead atoms. The highest BCUT2D eigenvalue weighted by Gasteiger charge is 2.23. The van der Waals surface area contributed by atoms with Crippen molar-refractivity contribution in [3.05, 3.63) is 0 Å². The van der Waals surface area contributed by atoms with Crippen molar-refractivity contribution in [1.82, 2.24) is 10.6 Å². The predicted molar refractivity (Wildman–Crippen MR) is 67.7 cm³/mol. The minimum absolute atomic E-state index is 0.0457. The summed E-state index contributed by atoms with van der Waals surface area (Å²) < 4.78 is 0. The van der Waals surface area contributed by atoms with Crippen molar-refractivity contribution in [2.45, 2.75) is 56.8 Å². The summed E-state index contributed by atoms with van der Waals surface area (Å²) in [6, 6.07) is -0.699. The van der Waals surface area contributed by atoms with Crippen molar-refractivity contribution in [3.63, 3.8) is 0 Å². The first-order valence-corrected chi connectivity index (χ1v) is 6.64. The molecule has 0 heterocycles. The molecule has 110 valence electrons. The molecule has 1 aliphatic rings. The molecule has 0 aliphatic heterocycles. The molecule has 19 heavy (non-hydrogen) atoms. The number of hydrogen-bond donors (Lipinski definition) is 5. The van der Waals surface area contributed by atoms with Gasteiger partial charge >= 0.3 is 12.0 Å². The lowest BCUT2D eigenvalue weighted by Gasteiger charge is -2.22. The number of carbonyl (C=O) groups excluding carboxylic acids is 1. The van der Waals surface area contributed by atoms with Crippen molar-refractivity contribution in [2.75, 3.05) is 6.54 Å². The molecule has 2 unspecified atom stereocenters. The van der Waals surface area contributed by atoms with Crippen LogP contribution in [-0.4, -0.2) is 52.1 Å². The molecule has 7 nitrogen and oxygen atoms in total. The Hall–Kier alpha value is -1.34. The highest BCUT2D eigenvalue weighted by molar-refractivity contribution is 5.74. The number of nitrogens with one attached hydrogen (secondary N) is 2. The Bertz CT molecular complexity index is 310. The van der Waals surface area contributed by atoms with Crippen LogP contribution < -0.4 is 10.6 Å². The van der Waals surface area contributed by atoms with Gasteiger partial charge in [0, 0.05) is 13.0 Å². The molecule has 0 aromatic heterocycles. The fourth-order valence-electron chi connectivity index (χ4n) is 2.12. The molecule has 1 aliphatic carbocycles. The molecule has 1 fully saturated rings. The van der Waals surface area contributed by atoms with Gasteiger partial charge in [-0.05, 0) is 12.8 Å². The summed E-state index contributed by atoms with van der Waals surface area (Å²) in [5, 5.41) is 32.5. The molecular formula is C12H22N2O5. The zero-order valence-corrected chi connectivity index (χ0v) is 10.8. The Morgan fingerprint density at radius 3 is 2.58 bits per heavy atom. The summed E-state index contributed by atoms with van der Waals surface area (Å²) >= 11 is 0. The average Bonchev–Trinajstić information content (AvgIpc) is 2.54. The summed E-state index contributed by atoms with van der Waals surface area (Å²) in [5.41, 5.74) is 0. The molecule has 5 N–H and O–H groups in total. The molecule has 2 amide bonds. The lowest BCUT2D eigenvalue weighted by Crippen LogP contribution is -2.47. The number of amides is 2. The van der Waals surface area contributed by atoms with Gasteiger partial charge in [0.15, 0.2) is 6.10 Å². The third-order valence-corrected chi connectivity index (χ3v) is 3.28. The van der Waals surface area contributed by atoms with Crippen LogP contribution >= 0.6 is 0 Å². The molecule has 0 saturated heterocycles. The minimum Gasteiger partial charge on any atom is -0.479 e. The van der Waals surface area contributed by atoms with E-state index in [1.54, 1.807) is 0 Å².